The predicted octanol–water partition coefficient (Wildman–Crippen LogP) is 3.01. The molecule has 2 aromatic rings. The summed E-state index contributed by atoms with van der Waals surface area (Å²) in [6.07, 6.45) is 4.04. The van der Waals surface area contributed by atoms with Gasteiger partial charge >= 0.3 is 0 Å². The molecule has 2 heterocycles. The highest BCUT2D eigenvalue weighted by atomic mass is 79.9. The van der Waals surface area contributed by atoms with E-state index in [0.29, 0.717) is 6.04 Å². The summed E-state index contributed by atoms with van der Waals surface area (Å²) < 4.78 is 6.51. The molecular formula is C17H21BrN4O. The van der Waals surface area contributed by atoms with E-state index in [1.165, 1.54) is 12.0 Å². The Bertz CT molecular complexity index is 638. The minimum Gasteiger partial charge on any atom is -0.496 e. The van der Waals surface area contributed by atoms with Crippen LogP contribution in [0.1, 0.15) is 18.4 Å². The molecule has 0 bridgehead atoms. The van der Waals surface area contributed by atoms with Gasteiger partial charge in [0, 0.05) is 41.9 Å². The molecule has 5 nitrogen and oxygen atoms in total. The minimum atomic E-state index is 0.439. The molecule has 0 aliphatic carbocycles. The number of hydrogen-bond donors (Lipinski definition) is 1. The average molecular weight is 377 g/mol. The van der Waals surface area contributed by atoms with Crippen LogP contribution in [0.25, 0.3) is 0 Å². The molecule has 0 saturated carbocycles. The van der Waals surface area contributed by atoms with Gasteiger partial charge in [-0.1, -0.05) is 15.9 Å². The summed E-state index contributed by atoms with van der Waals surface area (Å²) >= 11 is 3.52. The quantitative estimate of drug-likeness (QED) is 0.868. The van der Waals surface area contributed by atoms with E-state index in [9.17, 15) is 0 Å². The maximum atomic E-state index is 5.44. The van der Waals surface area contributed by atoms with Crippen LogP contribution < -0.4 is 15.0 Å². The van der Waals surface area contributed by atoms with Crippen LogP contribution in [-0.4, -0.2) is 36.4 Å². The van der Waals surface area contributed by atoms with E-state index < -0.39 is 0 Å². The van der Waals surface area contributed by atoms with Crippen LogP contribution in [0, 0.1) is 0 Å². The number of hydrogen-bond acceptors (Lipinski definition) is 5. The largest absolute Gasteiger partial charge is 0.496 e. The van der Waals surface area contributed by atoms with Crippen LogP contribution in [0.2, 0.25) is 0 Å². The molecule has 1 N–H and O–H groups in total. The molecule has 122 valence electrons. The molecule has 1 atom stereocenters. The van der Waals surface area contributed by atoms with Gasteiger partial charge in [-0.2, -0.15) is 5.10 Å². The summed E-state index contributed by atoms with van der Waals surface area (Å²) in [6, 6.07) is 10.5. The number of anilines is 1. The molecule has 3 rings (SSSR count). The van der Waals surface area contributed by atoms with E-state index >= 15 is 0 Å². The first-order chi connectivity index (χ1) is 11.3. The Morgan fingerprint density at radius 2 is 2.30 bits per heavy atom. The maximum Gasteiger partial charge on any atom is 0.151 e. The fourth-order valence-electron chi connectivity index (χ4n) is 2.95. The molecule has 1 aromatic heterocycles. The lowest BCUT2D eigenvalue weighted by Crippen LogP contribution is -2.45. The highest BCUT2D eigenvalue weighted by molar-refractivity contribution is 9.10. The topological polar surface area (TPSA) is 50.3 Å². The van der Waals surface area contributed by atoms with Gasteiger partial charge in [-0.3, -0.25) is 0 Å². The van der Waals surface area contributed by atoms with Crippen molar-refractivity contribution < 1.29 is 4.74 Å². The van der Waals surface area contributed by atoms with Crippen molar-refractivity contribution in [3.05, 3.63) is 46.6 Å². The molecule has 1 aliphatic heterocycles. The third kappa shape index (κ3) is 4.20. The first kappa shape index (κ1) is 16.2. The Kier molecular flexibility index (Phi) is 5.46. The van der Waals surface area contributed by atoms with Crippen LogP contribution in [0.15, 0.2) is 41.0 Å². The first-order valence-electron chi connectivity index (χ1n) is 7.84. The number of aromatic nitrogens is 2. The second kappa shape index (κ2) is 7.75. The van der Waals surface area contributed by atoms with Gasteiger partial charge in [0.05, 0.1) is 7.11 Å². The predicted molar refractivity (Wildman–Crippen MR) is 94.8 cm³/mol. The van der Waals surface area contributed by atoms with Gasteiger partial charge in [0.1, 0.15) is 5.75 Å². The van der Waals surface area contributed by atoms with E-state index in [-0.39, 0.29) is 0 Å². The van der Waals surface area contributed by atoms with Crippen molar-refractivity contribution in [2.45, 2.75) is 25.4 Å². The van der Waals surface area contributed by atoms with Crippen molar-refractivity contribution in [1.82, 2.24) is 15.5 Å². The number of benzene rings is 1. The third-order valence-corrected chi connectivity index (χ3v) is 4.62. The number of nitrogens with one attached hydrogen (secondary N) is 1. The monoisotopic (exact) mass is 376 g/mol. The van der Waals surface area contributed by atoms with Gasteiger partial charge in [-0.05, 0) is 43.2 Å². The zero-order valence-corrected chi connectivity index (χ0v) is 14.8. The Balaban J connectivity index is 1.61. The lowest BCUT2D eigenvalue weighted by Gasteiger charge is -2.33. The Labute approximate surface area is 145 Å². The fraction of sp³-hybridized carbons (Fsp3) is 0.412. The van der Waals surface area contributed by atoms with Crippen LogP contribution in [0.5, 0.6) is 5.75 Å². The number of rotatable bonds is 5. The summed E-state index contributed by atoms with van der Waals surface area (Å²) in [4.78, 5) is 2.30. The number of piperidine rings is 1. The van der Waals surface area contributed by atoms with Crippen molar-refractivity contribution in [2.24, 2.45) is 0 Å². The second-order valence-electron chi connectivity index (χ2n) is 5.70. The Morgan fingerprint density at radius 3 is 3.09 bits per heavy atom. The van der Waals surface area contributed by atoms with E-state index in [1.807, 2.05) is 24.3 Å². The number of halogens is 1. The third-order valence-electron chi connectivity index (χ3n) is 4.13. The van der Waals surface area contributed by atoms with Crippen molar-refractivity contribution in [1.29, 1.82) is 0 Å². The number of methoxy groups -OCH3 is 1. The van der Waals surface area contributed by atoms with Gasteiger partial charge in [0.15, 0.2) is 5.82 Å². The highest BCUT2D eigenvalue weighted by Crippen LogP contribution is 2.23. The van der Waals surface area contributed by atoms with Crippen LogP contribution in [0.3, 0.4) is 0 Å². The molecule has 0 amide bonds. The van der Waals surface area contributed by atoms with Crippen molar-refractivity contribution in [2.75, 3.05) is 25.1 Å². The zero-order valence-electron chi connectivity index (χ0n) is 13.2. The summed E-state index contributed by atoms with van der Waals surface area (Å²) in [5, 5.41) is 11.8. The summed E-state index contributed by atoms with van der Waals surface area (Å²) in [6.45, 7) is 2.79. The summed E-state index contributed by atoms with van der Waals surface area (Å²) in [5.74, 6) is 1.88. The molecule has 1 fully saturated rings. The molecule has 6 heteroatoms. The smallest absolute Gasteiger partial charge is 0.151 e. The zero-order chi connectivity index (χ0) is 16.1. The number of nitrogens with zero attached hydrogens (tertiary/aromatic N) is 3. The fourth-order valence-corrected chi connectivity index (χ4v) is 3.36. The molecule has 1 aromatic carbocycles. The maximum absolute atomic E-state index is 5.44. The number of ether oxygens (including phenoxy) is 1. The van der Waals surface area contributed by atoms with Crippen molar-refractivity contribution in [3.63, 3.8) is 0 Å². The van der Waals surface area contributed by atoms with Crippen molar-refractivity contribution >= 4 is 21.7 Å². The molecule has 0 spiro atoms. The Morgan fingerprint density at radius 1 is 1.39 bits per heavy atom. The van der Waals surface area contributed by atoms with E-state index in [2.05, 4.69) is 42.4 Å². The van der Waals surface area contributed by atoms with Gasteiger partial charge in [-0.15, -0.1) is 5.10 Å². The van der Waals surface area contributed by atoms with Crippen LogP contribution >= 0.6 is 15.9 Å². The average Bonchev–Trinajstić information content (AvgIpc) is 2.61. The molecule has 0 radical (unpaired) electrons. The van der Waals surface area contributed by atoms with Crippen molar-refractivity contribution in [3.8, 4) is 5.75 Å². The molecule has 23 heavy (non-hydrogen) atoms. The standard InChI is InChI=1S/C17H21BrN4O/c1-23-16-7-6-14(18)10-13(16)11-19-15-4-3-9-22(12-15)17-5-2-8-20-21-17/h2,5-8,10,15,19H,3-4,9,11-12H2,1H3/t15-/m0/s1. The SMILES string of the molecule is COc1ccc(Br)cc1CN[C@H]1CCCN(c2cccnn2)C1. The lowest BCUT2D eigenvalue weighted by molar-refractivity contribution is 0.394. The Hall–Kier alpha value is -1.66. The van der Waals surface area contributed by atoms with Crippen LogP contribution in [-0.2, 0) is 6.54 Å². The first-order valence-corrected chi connectivity index (χ1v) is 8.64. The molecule has 1 aliphatic rings. The lowest BCUT2D eigenvalue weighted by atomic mass is 10.0. The molecule has 1 saturated heterocycles. The molecule has 0 unspecified atom stereocenters. The van der Waals surface area contributed by atoms with E-state index in [4.69, 9.17) is 4.74 Å². The van der Waals surface area contributed by atoms with E-state index in [1.54, 1.807) is 13.3 Å². The highest BCUT2D eigenvalue weighted by Gasteiger charge is 2.21. The van der Waals surface area contributed by atoms with Gasteiger partial charge in [-0.25, -0.2) is 0 Å². The van der Waals surface area contributed by atoms with Gasteiger partial charge in [0.2, 0.25) is 0 Å². The molecular weight excluding hydrogens is 356 g/mol. The van der Waals surface area contributed by atoms with Crippen LogP contribution in [0.4, 0.5) is 5.82 Å². The normalized spacial score (nSPS) is 18.0. The summed E-state index contributed by atoms with van der Waals surface area (Å²) in [5.41, 5.74) is 1.17. The van der Waals surface area contributed by atoms with Gasteiger partial charge in [0.25, 0.3) is 0 Å². The van der Waals surface area contributed by atoms with Gasteiger partial charge < -0.3 is 15.0 Å². The summed E-state index contributed by atoms with van der Waals surface area (Å²) in [7, 11) is 1.71. The minimum absolute atomic E-state index is 0.439. The second-order valence-corrected chi connectivity index (χ2v) is 6.62. The van der Waals surface area contributed by atoms with E-state index in [0.717, 1.165) is 42.1 Å².